The first-order valence-corrected chi connectivity index (χ1v) is 4.37. The highest BCUT2D eigenvalue weighted by Crippen LogP contribution is 2.45. The number of hydrogen-bond acceptors (Lipinski definition) is 5. The van der Waals surface area contributed by atoms with Gasteiger partial charge in [0, 0.05) is 11.8 Å². The number of rotatable bonds is 0. The molecule has 74 valence electrons. The van der Waals surface area contributed by atoms with Gasteiger partial charge in [-0.2, -0.15) is 21.0 Å². The van der Waals surface area contributed by atoms with Crippen LogP contribution in [0.3, 0.4) is 0 Å². The minimum absolute atomic E-state index is 0.480. The van der Waals surface area contributed by atoms with Crippen LogP contribution in [0.1, 0.15) is 13.8 Å². The van der Waals surface area contributed by atoms with E-state index in [1.165, 1.54) is 0 Å². The fourth-order valence-electron chi connectivity index (χ4n) is 1.69. The number of nitriles is 4. The Morgan fingerprint density at radius 2 is 1.07 bits per heavy atom. The van der Waals surface area contributed by atoms with Crippen LogP contribution in [0.25, 0.3) is 0 Å². The molecule has 1 aliphatic heterocycles. The average Bonchev–Trinajstić information content (AvgIpc) is 2.51. The maximum absolute atomic E-state index is 8.91. The van der Waals surface area contributed by atoms with E-state index in [0.29, 0.717) is 0 Å². The molecule has 0 spiro atoms. The van der Waals surface area contributed by atoms with Crippen molar-refractivity contribution in [1.29, 1.82) is 21.0 Å². The molecule has 5 nitrogen and oxygen atoms in total. The lowest BCUT2D eigenvalue weighted by Gasteiger charge is -2.16. The summed E-state index contributed by atoms with van der Waals surface area (Å²) in [6.45, 7) is 3.26. The Hall–Kier alpha value is -2.08. The molecule has 0 aromatic rings. The van der Waals surface area contributed by atoms with Crippen molar-refractivity contribution in [2.24, 2.45) is 11.8 Å². The molecule has 1 saturated heterocycles. The first-order valence-electron chi connectivity index (χ1n) is 4.37. The van der Waals surface area contributed by atoms with Gasteiger partial charge >= 0.3 is 0 Å². The molecule has 0 aliphatic carbocycles. The molecule has 2 atom stereocenters. The van der Waals surface area contributed by atoms with E-state index in [0.717, 1.165) is 0 Å². The van der Waals surface area contributed by atoms with Gasteiger partial charge in [0.05, 0.1) is 0 Å². The van der Waals surface area contributed by atoms with Gasteiger partial charge in [-0.25, -0.2) is 0 Å². The first-order chi connectivity index (χ1) is 7.02. The minimum atomic E-state index is -1.69. The number of hydrogen-bond donors (Lipinski definition) is 0. The molecule has 0 bridgehead atoms. The van der Waals surface area contributed by atoms with E-state index in [4.69, 9.17) is 25.8 Å². The predicted molar refractivity (Wildman–Crippen MR) is 47.3 cm³/mol. The van der Waals surface area contributed by atoms with Crippen LogP contribution in [-0.4, -0.2) is 11.2 Å². The topological polar surface area (TPSA) is 104 Å². The van der Waals surface area contributed by atoms with Gasteiger partial charge in [-0.1, -0.05) is 13.8 Å². The Labute approximate surface area is 87.7 Å². The third kappa shape index (κ3) is 1.15. The molecule has 0 amide bonds. The zero-order valence-corrected chi connectivity index (χ0v) is 8.35. The second kappa shape index (κ2) is 3.25. The highest BCUT2D eigenvalue weighted by atomic mass is 16.5. The summed E-state index contributed by atoms with van der Waals surface area (Å²) < 4.78 is 5.11. The fourth-order valence-corrected chi connectivity index (χ4v) is 1.69. The summed E-state index contributed by atoms with van der Waals surface area (Å²) >= 11 is 0. The molecule has 0 saturated carbocycles. The largest absolute Gasteiger partial charge is 0.312 e. The Bertz CT molecular complexity index is 372. The highest BCUT2D eigenvalue weighted by molar-refractivity contribution is 5.34. The summed E-state index contributed by atoms with van der Waals surface area (Å²) in [7, 11) is 0. The summed E-state index contributed by atoms with van der Waals surface area (Å²) in [6.07, 6.45) is 0. The van der Waals surface area contributed by atoms with Crippen LogP contribution in [0.4, 0.5) is 0 Å². The van der Waals surface area contributed by atoms with Gasteiger partial charge in [0.25, 0.3) is 0 Å². The molecule has 0 aromatic carbocycles. The van der Waals surface area contributed by atoms with Crippen LogP contribution in [0.5, 0.6) is 0 Å². The Morgan fingerprint density at radius 3 is 1.20 bits per heavy atom. The highest BCUT2D eigenvalue weighted by Gasteiger charge is 2.61. The van der Waals surface area contributed by atoms with Crippen molar-refractivity contribution in [2.45, 2.75) is 25.0 Å². The first kappa shape index (κ1) is 11.0. The molecule has 1 aliphatic rings. The van der Waals surface area contributed by atoms with E-state index in [1.54, 1.807) is 38.1 Å². The maximum atomic E-state index is 8.91. The molecule has 1 heterocycles. The summed E-state index contributed by atoms with van der Waals surface area (Å²) in [5.41, 5.74) is -3.38. The molecule has 1 fully saturated rings. The van der Waals surface area contributed by atoms with Crippen molar-refractivity contribution in [1.82, 2.24) is 0 Å². The van der Waals surface area contributed by atoms with Gasteiger partial charge in [0.1, 0.15) is 24.3 Å². The number of nitrogens with zero attached hydrogens (tertiary/aromatic N) is 4. The van der Waals surface area contributed by atoms with Crippen molar-refractivity contribution >= 4 is 0 Å². The van der Waals surface area contributed by atoms with Crippen molar-refractivity contribution in [3.05, 3.63) is 0 Å². The van der Waals surface area contributed by atoms with Crippen LogP contribution < -0.4 is 0 Å². The molecular formula is C10H8N4O. The lowest BCUT2D eigenvalue weighted by Crippen LogP contribution is -2.34. The molecule has 0 radical (unpaired) electrons. The third-order valence-corrected chi connectivity index (χ3v) is 3.02. The quantitative estimate of drug-likeness (QED) is 0.576. The van der Waals surface area contributed by atoms with E-state index in [9.17, 15) is 0 Å². The molecule has 1 rings (SSSR count). The summed E-state index contributed by atoms with van der Waals surface area (Å²) in [5.74, 6) is -0.960. The Balaban J connectivity index is 3.32. The zero-order valence-electron chi connectivity index (χ0n) is 8.35. The zero-order chi connectivity index (χ0) is 11.7. The SMILES string of the molecule is C[C@@H]1[C@H](C)C(C#N)(C#N)OC1(C#N)C#N. The fraction of sp³-hybridized carbons (Fsp3) is 0.600. The molecule has 0 unspecified atom stereocenters. The van der Waals surface area contributed by atoms with Crippen LogP contribution >= 0.6 is 0 Å². The van der Waals surface area contributed by atoms with Crippen molar-refractivity contribution in [3.8, 4) is 24.3 Å². The molecule has 15 heavy (non-hydrogen) atoms. The van der Waals surface area contributed by atoms with Gasteiger partial charge in [-0.15, -0.1) is 0 Å². The third-order valence-electron chi connectivity index (χ3n) is 3.02. The molecule has 0 aromatic heterocycles. The summed E-state index contributed by atoms with van der Waals surface area (Å²) in [5, 5.41) is 35.6. The average molecular weight is 200 g/mol. The minimum Gasteiger partial charge on any atom is -0.312 e. The second-order valence-corrected chi connectivity index (χ2v) is 3.60. The van der Waals surface area contributed by atoms with Crippen molar-refractivity contribution < 1.29 is 4.74 Å². The van der Waals surface area contributed by atoms with Crippen LogP contribution in [0, 0.1) is 57.2 Å². The Kier molecular flexibility index (Phi) is 2.38. The van der Waals surface area contributed by atoms with Gasteiger partial charge in [0.2, 0.25) is 11.2 Å². The van der Waals surface area contributed by atoms with E-state index in [1.807, 2.05) is 0 Å². The molecule has 0 N–H and O–H groups in total. The molecule has 5 heteroatoms. The maximum Gasteiger partial charge on any atom is 0.246 e. The monoisotopic (exact) mass is 200 g/mol. The van der Waals surface area contributed by atoms with Crippen LogP contribution in [-0.2, 0) is 4.74 Å². The predicted octanol–water partition coefficient (Wildman–Crippen LogP) is 0.861. The smallest absolute Gasteiger partial charge is 0.246 e. The van der Waals surface area contributed by atoms with Gasteiger partial charge in [0.15, 0.2) is 0 Å². The van der Waals surface area contributed by atoms with E-state index in [2.05, 4.69) is 0 Å². The van der Waals surface area contributed by atoms with E-state index in [-0.39, 0.29) is 0 Å². The number of ether oxygens (including phenoxy) is 1. The van der Waals surface area contributed by atoms with Gasteiger partial charge < -0.3 is 4.74 Å². The van der Waals surface area contributed by atoms with E-state index >= 15 is 0 Å². The second-order valence-electron chi connectivity index (χ2n) is 3.60. The lowest BCUT2D eigenvalue weighted by atomic mass is 9.79. The van der Waals surface area contributed by atoms with Crippen LogP contribution in [0.15, 0.2) is 0 Å². The Morgan fingerprint density at radius 1 is 0.800 bits per heavy atom. The van der Waals surface area contributed by atoms with Gasteiger partial charge in [-0.05, 0) is 0 Å². The lowest BCUT2D eigenvalue weighted by molar-refractivity contribution is 0.00657. The van der Waals surface area contributed by atoms with Crippen molar-refractivity contribution in [2.75, 3.05) is 0 Å². The standard InChI is InChI=1S/C10H8N4O/c1-7-8(2)10(5-13,6-14)15-9(7,3-11)4-12/h7-8H,1-2H3/t7-,8+. The summed E-state index contributed by atoms with van der Waals surface area (Å²) in [6, 6.07) is 6.98. The van der Waals surface area contributed by atoms with Gasteiger partial charge in [-0.3, -0.25) is 0 Å². The normalized spacial score (nSPS) is 30.5. The van der Waals surface area contributed by atoms with E-state index < -0.39 is 23.0 Å². The molecular weight excluding hydrogens is 192 g/mol. The summed E-state index contributed by atoms with van der Waals surface area (Å²) in [4.78, 5) is 0. The van der Waals surface area contributed by atoms with Crippen molar-refractivity contribution in [3.63, 3.8) is 0 Å². The van der Waals surface area contributed by atoms with Crippen LogP contribution in [0.2, 0.25) is 0 Å².